The number of halogens is 2. The fourth-order valence-corrected chi connectivity index (χ4v) is 5.98. The molecule has 0 bridgehead atoms. The number of hydrogen-bond donors (Lipinski definition) is 1. The van der Waals surface area contributed by atoms with Crippen LogP contribution in [0.5, 0.6) is 5.88 Å². The third kappa shape index (κ3) is 4.78. The zero-order chi connectivity index (χ0) is 28.1. The van der Waals surface area contributed by atoms with Crippen LogP contribution in [-0.4, -0.2) is 38.2 Å². The summed E-state index contributed by atoms with van der Waals surface area (Å²) in [5.74, 6) is -0.732. The van der Waals surface area contributed by atoms with Gasteiger partial charge in [-0.15, -0.1) is 0 Å². The van der Waals surface area contributed by atoms with Crippen molar-refractivity contribution in [2.24, 2.45) is 22.7 Å². The lowest BCUT2D eigenvalue weighted by Gasteiger charge is -2.23. The Morgan fingerprint density at radius 1 is 1.12 bits per heavy atom. The van der Waals surface area contributed by atoms with E-state index in [0.29, 0.717) is 53.0 Å². The van der Waals surface area contributed by atoms with Gasteiger partial charge in [0, 0.05) is 43.3 Å². The maximum absolute atomic E-state index is 14.1. The standard InChI is InChI=1S/C30H32F2N4O4/c1-16(2)36-27-25(29(38)35(30(36)39)9-4-10-37)23-22(13-18-11-19(31)14-20(32)12-18)24(23)26(34-27)21-5-3-8-33-28(21)40-15-17-6-7-17/h3,5,8,11-12,14,16-17,22-24,37H,4,6-7,9-10,13,15H2,1-2H3. The number of benzene rings is 1. The van der Waals surface area contributed by atoms with Crippen LogP contribution in [0.3, 0.4) is 0 Å². The minimum atomic E-state index is -0.657. The fourth-order valence-electron chi connectivity index (χ4n) is 5.98. The van der Waals surface area contributed by atoms with Gasteiger partial charge in [-0.1, -0.05) is 0 Å². The van der Waals surface area contributed by atoms with Crippen molar-refractivity contribution in [2.45, 2.75) is 58.0 Å². The van der Waals surface area contributed by atoms with Gasteiger partial charge in [-0.25, -0.2) is 23.6 Å². The molecular weight excluding hydrogens is 518 g/mol. The van der Waals surface area contributed by atoms with Gasteiger partial charge in [-0.05, 0) is 81.2 Å². The fraction of sp³-hybridized carbons (Fsp3) is 0.467. The number of pyridine rings is 1. The summed E-state index contributed by atoms with van der Waals surface area (Å²) < 4.78 is 37.0. The number of aromatic nitrogens is 3. The molecule has 0 spiro atoms. The molecule has 0 amide bonds. The Hall–Kier alpha value is -3.66. The topological polar surface area (TPSA) is 98.7 Å². The second-order valence-corrected chi connectivity index (χ2v) is 11.3. The van der Waals surface area contributed by atoms with Gasteiger partial charge in [0.1, 0.15) is 17.5 Å². The quantitative estimate of drug-likeness (QED) is 0.409. The first kappa shape index (κ1) is 26.6. The molecule has 8 nitrogen and oxygen atoms in total. The SMILES string of the molecule is CC(C)n1c2c(c(=O)n(CCCO)c1=O)C1C(Cc3cc(F)cc(F)c3)C1C(c1cccnc1OCC1CC1)=N2. The molecule has 2 fully saturated rings. The number of rotatable bonds is 10. The van der Waals surface area contributed by atoms with Crippen LogP contribution in [0.2, 0.25) is 0 Å². The predicted molar refractivity (Wildman–Crippen MR) is 145 cm³/mol. The molecule has 3 heterocycles. The van der Waals surface area contributed by atoms with Crippen LogP contribution >= 0.6 is 0 Å². The Morgan fingerprint density at radius 3 is 2.55 bits per heavy atom. The highest BCUT2D eigenvalue weighted by Gasteiger charge is 2.58. The molecule has 1 aromatic carbocycles. The maximum Gasteiger partial charge on any atom is 0.332 e. The van der Waals surface area contributed by atoms with Gasteiger partial charge in [0.25, 0.3) is 5.56 Å². The van der Waals surface area contributed by atoms with Crippen molar-refractivity contribution in [3.05, 3.63) is 85.7 Å². The summed E-state index contributed by atoms with van der Waals surface area (Å²) >= 11 is 0. The highest BCUT2D eigenvalue weighted by Crippen LogP contribution is 2.61. The van der Waals surface area contributed by atoms with E-state index in [9.17, 15) is 23.5 Å². The largest absolute Gasteiger partial charge is 0.477 e. The van der Waals surface area contributed by atoms with E-state index in [1.807, 2.05) is 19.9 Å². The molecular formula is C30H32F2N4O4. The van der Waals surface area contributed by atoms with Crippen LogP contribution in [0, 0.1) is 29.4 Å². The maximum atomic E-state index is 14.1. The van der Waals surface area contributed by atoms with Crippen LogP contribution in [0.15, 0.2) is 51.1 Å². The number of aliphatic imine (C=N–C) groups is 1. The van der Waals surface area contributed by atoms with Crippen molar-refractivity contribution in [2.75, 3.05) is 13.2 Å². The van der Waals surface area contributed by atoms with Crippen LogP contribution in [0.1, 0.15) is 61.8 Å². The molecule has 3 aliphatic rings. The van der Waals surface area contributed by atoms with Crippen LogP contribution in [-0.2, 0) is 13.0 Å². The minimum absolute atomic E-state index is 0.0870. The summed E-state index contributed by atoms with van der Waals surface area (Å²) in [6.45, 7) is 4.21. The zero-order valence-electron chi connectivity index (χ0n) is 22.5. The lowest BCUT2D eigenvalue weighted by molar-refractivity contribution is 0.276. The lowest BCUT2D eigenvalue weighted by atomic mass is 10.00. The van der Waals surface area contributed by atoms with Gasteiger partial charge in [-0.3, -0.25) is 13.9 Å². The average molecular weight is 551 g/mol. The molecule has 1 N–H and O–H groups in total. The van der Waals surface area contributed by atoms with Gasteiger partial charge in [0.2, 0.25) is 5.88 Å². The van der Waals surface area contributed by atoms with Crippen LogP contribution < -0.4 is 16.0 Å². The molecule has 10 heteroatoms. The van der Waals surface area contributed by atoms with Crippen LogP contribution in [0.4, 0.5) is 14.6 Å². The van der Waals surface area contributed by atoms with Crippen molar-refractivity contribution < 1.29 is 18.6 Å². The molecule has 3 unspecified atom stereocenters. The molecule has 6 rings (SSSR count). The first-order valence-corrected chi connectivity index (χ1v) is 13.9. The Morgan fingerprint density at radius 2 is 1.88 bits per heavy atom. The first-order valence-electron chi connectivity index (χ1n) is 13.9. The Balaban J connectivity index is 1.52. The Bertz CT molecular complexity index is 1590. The summed E-state index contributed by atoms with van der Waals surface area (Å²) in [5.41, 5.74) is 1.39. The number of fused-ring (bicyclic) bond motifs is 3. The zero-order valence-corrected chi connectivity index (χ0v) is 22.5. The summed E-state index contributed by atoms with van der Waals surface area (Å²) in [7, 11) is 0. The molecule has 0 saturated heterocycles. The minimum Gasteiger partial charge on any atom is -0.477 e. The van der Waals surface area contributed by atoms with Gasteiger partial charge >= 0.3 is 5.69 Å². The summed E-state index contributed by atoms with van der Waals surface area (Å²) in [4.78, 5) is 36.8. The Kier molecular flexibility index (Phi) is 6.90. The van der Waals surface area contributed by atoms with Crippen LogP contribution in [0.25, 0.3) is 0 Å². The van der Waals surface area contributed by atoms with Crippen molar-refractivity contribution in [1.29, 1.82) is 0 Å². The molecule has 2 aromatic heterocycles. The molecule has 3 atom stereocenters. The van der Waals surface area contributed by atoms with Gasteiger partial charge in [0.05, 0.1) is 23.4 Å². The second kappa shape index (κ2) is 10.4. The number of aliphatic hydroxyl groups is 1. The van der Waals surface area contributed by atoms with E-state index in [-0.39, 0.29) is 43.4 Å². The number of hydrogen-bond acceptors (Lipinski definition) is 6. The molecule has 2 aliphatic carbocycles. The predicted octanol–water partition coefficient (Wildman–Crippen LogP) is 4.14. The number of nitrogens with zero attached hydrogens (tertiary/aromatic N) is 4. The van der Waals surface area contributed by atoms with E-state index in [2.05, 4.69) is 4.98 Å². The van der Waals surface area contributed by atoms with Crippen molar-refractivity contribution in [3.63, 3.8) is 0 Å². The van der Waals surface area contributed by atoms with Gasteiger partial charge < -0.3 is 9.84 Å². The second-order valence-electron chi connectivity index (χ2n) is 11.3. The third-order valence-electron chi connectivity index (χ3n) is 8.08. The molecule has 210 valence electrons. The van der Waals surface area contributed by atoms with E-state index in [0.717, 1.165) is 18.9 Å². The monoisotopic (exact) mass is 550 g/mol. The summed E-state index contributed by atoms with van der Waals surface area (Å²) in [6.07, 6.45) is 4.49. The van der Waals surface area contributed by atoms with Crippen molar-refractivity contribution >= 4 is 11.5 Å². The molecule has 40 heavy (non-hydrogen) atoms. The Labute approximate surface area is 230 Å². The number of aliphatic hydroxyl groups excluding tert-OH is 1. The lowest BCUT2D eigenvalue weighted by Crippen LogP contribution is -2.43. The van der Waals surface area contributed by atoms with E-state index in [1.54, 1.807) is 12.3 Å². The molecule has 2 saturated carbocycles. The highest BCUT2D eigenvalue weighted by molar-refractivity contribution is 6.09. The summed E-state index contributed by atoms with van der Waals surface area (Å²) in [5, 5.41) is 9.38. The normalized spacial score (nSPS) is 21.1. The van der Waals surface area contributed by atoms with Crippen molar-refractivity contribution in [3.8, 4) is 5.88 Å². The molecule has 0 radical (unpaired) electrons. The summed E-state index contributed by atoms with van der Waals surface area (Å²) in [6, 6.07) is 6.85. The average Bonchev–Trinajstić information content (AvgIpc) is 3.84. The van der Waals surface area contributed by atoms with Gasteiger partial charge in [0.15, 0.2) is 0 Å². The van der Waals surface area contributed by atoms with E-state index in [4.69, 9.17) is 9.73 Å². The van der Waals surface area contributed by atoms with Crippen molar-refractivity contribution in [1.82, 2.24) is 14.1 Å². The van der Waals surface area contributed by atoms with E-state index in [1.165, 1.54) is 21.3 Å². The molecule has 3 aromatic rings. The first-order chi connectivity index (χ1) is 19.3. The highest BCUT2D eigenvalue weighted by atomic mass is 19.1. The smallest absolute Gasteiger partial charge is 0.332 e. The van der Waals surface area contributed by atoms with Gasteiger partial charge in [-0.2, -0.15) is 0 Å². The van der Waals surface area contributed by atoms with E-state index >= 15 is 0 Å². The molecule has 1 aliphatic heterocycles. The van der Waals surface area contributed by atoms with E-state index < -0.39 is 22.9 Å². The third-order valence-corrected chi connectivity index (χ3v) is 8.08. The number of ether oxygens (including phenoxy) is 1.